The molecule has 1 aliphatic heterocycles. The van der Waals surface area contributed by atoms with E-state index >= 15 is 0 Å². The van der Waals surface area contributed by atoms with Crippen LogP contribution in [-0.4, -0.2) is 39.8 Å². The average molecular weight is 294 g/mol. The van der Waals surface area contributed by atoms with Crippen LogP contribution in [0.5, 0.6) is 0 Å². The number of hydrogen-bond donors (Lipinski definition) is 1. The van der Waals surface area contributed by atoms with Crippen molar-refractivity contribution in [3.05, 3.63) is 0 Å². The fourth-order valence-corrected chi connectivity index (χ4v) is 0.565. The van der Waals surface area contributed by atoms with Crippen molar-refractivity contribution < 1.29 is 4.79 Å². The molecule has 3 heteroatoms. The zero-order valence-corrected chi connectivity index (χ0v) is 9.73. The molecule has 1 amide bonds. The molecule has 0 atom stereocenters. The van der Waals surface area contributed by atoms with Crippen molar-refractivity contribution in [2.45, 2.75) is 12.8 Å². The van der Waals surface area contributed by atoms with Crippen LogP contribution in [-0.2, 0) is 4.79 Å². The van der Waals surface area contributed by atoms with E-state index in [0.29, 0.717) is 0 Å². The summed E-state index contributed by atoms with van der Waals surface area (Å²) in [6, 6.07) is 0. The summed E-state index contributed by atoms with van der Waals surface area (Å²) in [5.41, 5.74) is 0. The molecule has 0 aromatic heterocycles. The summed E-state index contributed by atoms with van der Waals surface area (Å²) in [7, 11) is 0. The molecule has 0 aromatic rings. The van der Waals surface area contributed by atoms with Crippen molar-refractivity contribution in [1.82, 2.24) is 5.32 Å². The van der Waals surface area contributed by atoms with Crippen LogP contribution in [0, 0.1) is 0 Å². The summed E-state index contributed by atoms with van der Waals surface area (Å²) < 4.78 is 0. The number of rotatable bonds is 0. The summed E-state index contributed by atoms with van der Waals surface area (Å²) in [4.78, 5) is 10.1. The third-order valence-corrected chi connectivity index (χ3v) is 0.903. The molecule has 0 unspecified atom stereocenters. The maximum atomic E-state index is 10.1. The van der Waals surface area contributed by atoms with Crippen LogP contribution in [0.25, 0.3) is 0 Å². The van der Waals surface area contributed by atoms with Gasteiger partial charge >= 0.3 is 27.3 Å². The third-order valence-electron chi connectivity index (χ3n) is 0.903. The second kappa shape index (κ2) is 3.40. The summed E-state index contributed by atoms with van der Waals surface area (Å²) in [5.74, 6) is 0.204. The van der Waals surface area contributed by atoms with E-state index in [1.54, 1.807) is 0 Å². The fraction of sp³-hybridized carbons (Fsp3) is 0.750. The fourth-order valence-electron chi connectivity index (χ4n) is 0.565. The SMILES string of the molecule is O=C1CCCN1.[PbH2]. The van der Waals surface area contributed by atoms with E-state index in [1.807, 2.05) is 0 Å². The van der Waals surface area contributed by atoms with Crippen LogP contribution in [0.3, 0.4) is 0 Å². The van der Waals surface area contributed by atoms with Gasteiger partial charge in [0.25, 0.3) is 0 Å². The van der Waals surface area contributed by atoms with Crippen molar-refractivity contribution in [1.29, 1.82) is 0 Å². The van der Waals surface area contributed by atoms with Gasteiger partial charge in [-0.25, -0.2) is 0 Å². The van der Waals surface area contributed by atoms with Crippen molar-refractivity contribution in [2.24, 2.45) is 0 Å². The van der Waals surface area contributed by atoms with Crippen molar-refractivity contribution >= 4 is 33.2 Å². The van der Waals surface area contributed by atoms with E-state index in [4.69, 9.17) is 0 Å². The molecule has 0 aliphatic carbocycles. The Morgan fingerprint density at radius 3 is 2.43 bits per heavy atom. The van der Waals surface area contributed by atoms with Gasteiger partial charge in [0.2, 0.25) is 5.91 Å². The topological polar surface area (TPSA) is 29.1 Å². The van der Waals surface area contributed by atoms with Crippen molar-refractivity contribution in [3.63, 3.8) is 0 Å². The minimum atomic E-state index is 0. The molecule has 0 aromatic carbocycles. The third kappa shape index (κ3) is 2.26. The van der Waals surface area contributed by atoms with Crippen LogP contribution >= 0.6 is 0 Å². The van der Waals surface area contributed by atoms with Gasteiger partial charge < -0.3 is 5.32 Å². The van der Waals surface area contributed by atoms with E-state index in [-0.39, 0.29) is 33.2 Å². The van der Waals surface area contributed by atoms with E-state index in [1.165, 1.54) is 0 Å². The van der Waals surface area contributed by atoms with Crippen LogP contribution in [0.15, 0.2) is 0 Å². The molecule has 1 heterocycles. The first-order valence-electron chi connectivity index (χ1n) is 2.16. The second-order valence-electron chi connectivity index (χ2n) is 1.45. The van der Waals surface area contributed by atoms with E-state index in [0.717, 1.165) is 19.4 Å². The van der Waals surface area contributed by atoms with Gasteiger partial charge in [-0.15, -0.1) is 0 Å². The first kappa shape index (κ1) is 7.39. The Bertz CT molecular complexity index is 66.1. The van der Waals surface area contributed by atoms with Crippen LogP contribution in [0.4, 0.5) is 0 Å². The molecule has 0 bridgehead atoms. The zero-order chi connectivity index (χ0) is 4.41. The number of nitrogens with one attached hydrogen (secondary N) is 1. The minimum absolute atomic E-state index is 0. The van der Waals surface area contributed by atoms with Gasteiger partial charge in [-0.3, -0.25) is 4.79 Å². The van der Waals surface area contributed by atoms with Gasteiger partial charge in [0.05, 0.1) is 0 Å². The summed E-state index contributed by atoms with van der Waals surface area (Å²) in [5, 5.41) is 2.68. The average Bonchev–Trinajstić information content (AvgIpc) is 1.86. The van der Waals surface area contributed by atoms with Gasteiger partial charge in [-0.05, 0) is 6.42 Å². The molecule has 2 nitrogen and oxygen atoms in total. The standard InChI is InChI=1S/C4H7NO.Pb.2H/c6-4-2-1-3-5-4;;;/h1-3H2,(H,5,6);;;. The molecule has 7 heavy (non-hydrogen) atoms. The zero-order valence-electron chi connectivity index (χ0n) is 4.24. The molecule has 0 spiro atoms. The van der Waals surface area contributed by atoms with E-state index in [9.17, 15) is 4.79 Å². The van der Waals surface area contributed by atoms with Crippen LogP contribution in [0.2, 0.25) is 0 Å². The molecule has 1 N–H and O–H groups in total. The number of carbonyl (C=O) groups is 1. The Balaban J connectivity index is 0.000000360. The molecule has 1 saturated heterocycles. The Hall–Kier alpha value is 0.392. The Kier molecular flexibility index (Phi) is 3.59. The summed E-state index contributed by atoms with van der Waals surface area (Å²) >= 11 is 0. The predicted octanol–water partition coefficient (Wildman–Crippen LogP) is -1.02. The molecule has 0 saturated carbocycles. The molecule has 1 fully saturated rings. The Morgan fingerprint density at radius 1 is 1.57 bits per heavy atom. The van der Waals surface area contributed by atoms with Gasteiger partial charge in [0, 0.05) is 13.0 Å². The normalized spacial score (nSPS) is 18.0. The number of amides is 1. The molecule has 1 aliphatic rings. The Morgan fingerprint density at radius 2 is 2.29 bits per heavy atom. The van der Waals surface area contributed by atoms with Crippen molar-refractivity contribution in [2.75, 3.05) is 6.54 Å². The molecule has 2 radical (unpaired) electrons. The van der Waals surface area contributed by atoms with E-state index in [2.05, 4.69) is 5.32 Å². The maximum absolute atomic E-state index is 10.1. The molecular weight excluding hydrogens is 285 g/mol. The first-order chi connectivity index (χ1) is 2.89. The predicted molar refractivity (Wildman–Crippen MR) is 30.8 cm³/mol. The monoisotopic (exact) mass is 295 g/mol. The quantitative estimate of drug-likeness (QED) is 0.569. The summed E-state index contributed by atoms with van der Waals surface area (Å²) in [6.07, 6.45) is 1.76. The second-order valence-corrected chi connectivity index (χ2v) is 1.45. The Labute approximate surface area is 62.8 Å². The molecule has 40 valence electrons. The first-order valence-corrected chi connectivity index (χ1v) is 2.16. The molecule has 1 rings (SSSR count). The summed E-state index contributed by atoms with van der Waals surface area (Å²) in [6.45, 7) is 0.888. The van der Waals surface area contributed by atoms with Crippen LogP contribution in [0.1, 0.15) is 12.8 Å². The van der Waals surface area contributed by atoms with Crippen LogP contribution < -0.4 is 5.32 Å². The number of hydrogen-bond acceptors (Lipinski definition) is 1. The van der Waals surface area contributed by atoms with Gasteiger partial charge in [0.15, 0.2) is 0 Å². The molecular formula is C4H9NOPb. The van der Waals surface area contributed by atoms with Gasteiger partial charge in [-0.2, -0.15) is 0 Å². The van der Waals surface area contributed by atoms with Crippen molar-refractivity contribution in [3.8, 4) is 0 Å². The van der Waals surface area contributed by atoms with E-state index < -0.39 is 0 Å². The van der Waals surface area contributed by atoms with Gasteiger partial charge in [-0.1, -0.05) is 0 Å². The van der Waals surface area contributed by atoms with Gasteiger partial charge in [0.1, 0.15) is 0 Å². The number of carbonyl (C=O) groups excluding carboxylic acids is 1.